The van der Waals surface area contributed by atoms with Gasteiger partial charge in [-0.05, 0) is 31.0 Å². The summed E-state index contributed by atoms with van der Waals surface area (Å²) in [4.78, 5) is 14.6. The van der Waals surface area contributed by atoms with Crippen molar-refractivity contribution < 1.29 is 18.7 Å². The lowest BCUT2D eigenvalue weighted by molar-refractivity contribution is -0.121. The third-order valence-corrected chi connectivity index (χ3v) is 4.54. The summed E-state index contributed by atoms with van der Waals surface area (Å²) in [5.41, 5.74) is 0.647. The molecule has 0 saturated carbocycles. The molecule has 2 heterocycles. The summed E-state index contributed by atoms with van der Waals surface area (Å²) >= 11 is 0. The SMILES string of the molecule is COc1ccc(CC(=O)N[C@H]2C[C@H]3CO[C@@H](C)CN3C2)cc1F. The summed E-state index contributed by atoms with van der Waals surface area (Å²) in [5, 5.41) is 3.06. The summed E-state index contributed by atoms with van der Waals surface area (Å²) in [6, 6.07) is 5.16. The molecule has 0 spiro atoms. The third kappa shape index (κ3) is 3.82. The maximum atomic E-state index is 13.7. The van der Waals surface area contributed by atoms with Crippen LogP contribution in [-0.4, -0.2) is 55.8 Å². The highest BCUT2D eigenvalue weighted by Crippen LogP contribution is 2.23. The van der Waals surface area contributed by atoms with E-state index in [9.17, 15) is 9.18 Å². The molecule has 2 aliphatic heterocycles. The molecular weight excluding hydrogens is 299 g/mol. The van der Waals surface area contributed by atoms with Crippen LogP contribution in [0.5, 0.6) is 5.75 Å². The molecule has 3 atom stereocenters. The van der Waals surface area contributed by atoms with Crippen LogP contribution in [0.4, 0.5) is 4.39 Å². The van der Waals surface area contributed by atoms with Gasteiger partial charge in [-0.3, -0.25) is 9.69 Å². The van der Waals surface area contributed by atoms with Gasteiger partial charge in [0.25, 0.3) is 0 Å². The second kappa shape index (κ2) is 6.84. The molecule has 2 aliphatic rings. The monoisotopic (exact) mass is 322 g/mol. The second-order valence-electron chi connectivity index (χ2n) is 6.40. The molecule has 126 valence electrons. The van der Waals surface area contributed by atoms with Crippen molar-refractivity contribution in [1.82, 2.24) is 10.2 Å². The molecule has 2 fully saturated rings. The number of hydrogen-bond donors (Lipinski definition) is 1. The molecule has 0 aliphatic carbocycles. The van der Waals surface area contributed by atoms with Crippen LogP contribution < -0.4 is 10.1 Å². The maximum Gasteiger partial charge on any atom is 0.224 e. The molecule has 6 heteroatoms. The Morgan fingerprint density at radius 1 is 1.48 bits per heavy atom. The van der Waals surface area contributed by atoms with Gasteiger partial charge in [-0.2, -0.15) is 0 Å². The molecule has 1 aromatic carbocycles. The Labute approximate surface area is 135 Å². The van der Waals surface area contributed by atoms with E-state index in [0.29, 0.717) is 11.6 Å². The molecule has 23 heavy (non-hydrogen) atoms. The van der Waals surface area contributed by atoms with Crippen molar-refractivity contribution >= 4 is 5.91 Å². The minimum absolute atomic E-state index is 0.0756. The first-order valence-electron chi connectivity index (χ1n) is 8.02. The van der Waals surface area contributed by atoms with E-state index < -0.39 is 5.82 Å². The molecule has 0 aromatic heterocycles. The zero-order valence-electron chi connectivity index (χ0n) is 13.5. The summed E-state index contributed by atoms with van der Waals surface area (Å²) < 4.78 is 24.2. The zero-order chi connectivity index (χ0) is 16.4. The molecule has 0 unspecified atom stereocenters. The summed E-state index contributed by atoms with van der Waals surface area (Å²) in [6.07, 6.45) is 1.34. The fraction of sp³-hybridized carbons (Fsp3) is 0.588. The number of amides is 1. The summed E-state index contributed by atoms with van der Waals surface area (Å²) in [6.45, 7) is 4.58. The first kappa shape index (κ1) is 16.2. The second-order valence-corrected chi connectivity index (χ2v) is 6.40. The van der Waals surface area contributed by atoms with Gasteiger partial charge in [0, 0.05) is 25.2 Å². The van der Waals surface area contributed by atoms with Crippen LogP contribution in [0.25, 0.3) is 0 Å². The highest BCUT2D eigenvalue weighted by atomic mass is 19.1. The van der Waals surface area contributed by atoms with E-state index in [-0.39, 0.29) is 30.2 Å². The first-order valence-corrected chi connectivity index (χ1v) is 8.02. The molecule has 0 bridgehead atoms. The van der Waals surface area contributed by atoms with Crippen molar-refractivity contribution in [1.29, 1.82) is 0 Å². The van der Waals surface area contributed by atoms with Crippen LogP contribution in [0, 0.1) is 5.82 Å². The predicted octanol–water partition coefficient (Wildman–Crippen LogP) is 1.35. The van der Waals surface area contributed by atoms with Crippen LogP contribution in [-0.2, 0) is 16.0 Å². The average Bonchev–Trinajstić information content (AvgIpc) is 2.88. The van der Waals surface area contributed by atoms with E-state index in [2.05, 4.69) is 17.1 Å². The molecular formula is C17H23FN2O3. The van der Waals surface area contributed by atoms with E-state index >= 15 is 0 Å². The van der Waals surface area contributed by atoms with Crippen molar-refractivity contribution in [2.24, 2.45) is 0 Å². The molecule has 5 nitrogen and oxygen atoms in total. The van der Waals surface area contributed by atoms with Gasteiger partial charge >= 0.3 is 0 Å². The standard InChI is InChI=1S/C17H23FN2O3/c1-11-8-20-9-13(7-14(20)10-23-11)19-17(21)6-12-3-4-16(22-2)15(18)5-12/h3-5,11,13-14H,6-10H2,1-2H3,(H,19,21)/t11-,13-,14-/m0/s1. The fourth-order valence-corrected chi connectivity index (χ4v) is 3.43. The minimum atomic E-state index is -0.443. The van der Waals surface area contributed by atoms with Crippen LogP contribution in [0.15, 0.2) is 18.2 Å². The van der Waals surface area contributed by atoms with Crippen molar-refractivity contribution in [3.63, 3.8) is 0 Å². The number of rotatable bonds is 4. The van der Waals surface area contributed by atoms with Crippen LogP contribution in [0.2, 0.25) is 0 Å². The van der Waals surface area contributed by atoms with Gasteiger partial charge in [0.05, 0.1) is 26.2 Å². The Morgan fingerprint density at radius 2 is 2.30 bits per heavy atom. The Morgan fingerprint density at radius 3 is 3.04 bits per heavy atom. The normalized spacial score (nSPS) is 27.5. The van der Waals surface area contributed by atoms with Crippen molar-refractivity contribution in [3.8, 4) is 5.75 Å². The van der Waals surface area contributed by atoms with E-state index in [1.807, 2.05) is 0 Å². The van der Waals surface area contributed by atoms with Crippen molar-refractivity contribution in [3.05, 3.63) is 29.6 Å². The van der Waals surface area contributed by atoms with Crippen LogP contribution in [0.3, 0.4) is 0 Å². The number of carbonyl (C=O) groups excluding carboxylic acids is 1. The van der Waals surface area contributed by atoms with E-state index in [4.69, 9.17) is 9.47 Å². The summed E-state index contributed by atoms with van der Waals surface area (Å²) in [7, 11) is 1.42. The lowest BCUT2D eigenvalue weighted by Gasteiger charge is -2.33. The van der Waals surface area contributed by atoms with Gasteiger partial charge in [-0.1, -0.05) is 6.07 Å². The highest BCUT2D eigenvalue weighted by molar-refractivity contribution is 5.79. The fourth-order valence-electron chi connectivity index (χ4n) is 3.43. The van der Waals surface area contributed by atoms with E-state index in [1.54, 1.807) is 12.1 Å². The largest absolute Gasteiger partial charge is 0.494 e. The van der Waals surface area contributed by atoms with Gasteiger partial charge in [-0.25, -0.2) is 4.39 Å². The molecule has 1 N–H and O–H groups in total. The average molecular weight is 322 g/mol. The number of methoxy groups -OCH3 is 1. The third-order valence-electron chi connectivity index (χ3n) is 4.54. The van der Waals surface area contributed by atoms with Gasteiger partial charge in [0.15, 0.2) is 11.6 Å². The Balaban J connectivity index is 1.53. The predicted molar refractivity (Wildman–Crippen MR) is 84.0 cm³/mol. The molecule has 0 radical (unpaired) electrons. The zero-order valence-corrected chi connectivity index (χ0v) is 13.5. The number of hydrogen-bond acceptors (Lipinski definition) is 4. The van der Waals surface area contributed by atoms with Crippen LogP contribution >= 0.6 is 0 Å². The number of ether oxygens (including phenoxy) is 2. The lowest BCUT2D eigenvalue weighted by atomic mass is 10.1. The number of halogens is 1. The van der Waals surface area contributed by atoms with Crippen LogP contribution in [0.1, 0.15) is 18.9 Å². The molecule has 3 rings (SSSR count). The number of benzene rings is 1. The number of nitrogens with zero attached hydrogens (tertiary/aromatic N) is 1. The Hall–Kier alpha value is -1.66. The van der Waals surface area contributed by atoms with Crippen molar-refractivity contribution in [2.75, 3.05) is 26.8 Å². The molecule has 1 aromatic rings. The smallest absolute Gasteiger partial charge is 0.224 e. The maximum absolute atomic E-state index is 13.7. The first-order chi connectivity index (χ1) is 11.0. The quantitative estimate of drug-likeness (QED) is 0.909. The van der Waals surface area contributed by atoms with Gasteiger partial charge < -0.3 is 14.8 Å². The Kier molecular flexibility index (Phi) is 4.82. The van der Waals surface area contributed by atoms with E-state index in [1.165, 1.54) is 13.2 Å². The summed E-state index contributed by atoms with van der Waals surface area (Å²) in [5.74, 6) is -0.328. The topological polar surface area (TPSA) is 50.8 Å². The highest BCUT2D eigenvalue weighted by Gasteiger charge is 2.36. The van der Waals surface area contributed by atoms with Crippen molar-refractivity contribution in [2.45, 2.75) is 38.0 Å². The number of carbonyl (C=O) groups is 1. The molecule has 2 saturated heterocycles. The number of nitrogens with one attached hydrogen (secondary N) is 1. The number of fused-ring (bicyclic) bond motifs is 1. The minimum Gasteiger partial charge on any atom is -0.494 e. The van der Waals surface area contributed by atoms with E-state index in [0.717, 1.165) is 26.1 Å². The number of morpholine rings is 1. The van der Waals surface area contributed by atoms with Gasteiger partial charge in [0.2, 0.25) is 5.91 Å². The lowest BCUT2D eigenvalue weighted by Crippen LogP contribution is -2.45. The Bertz CT molecular complexity index is 581. The van der Waals surface area contributed by atoms with Gasteiger partial charge in [0.1, 0.15) is 0 Å². The van der Waals surface area contributed by atoms with Gasteiger partial charge in [-0.15, -0.1) is 0 Å². The molecule has 1 amide bonds.